The molecule has 120 valence electrons. The molecule has 1 aliphatic rings. The number of carbonyl (C=O) groups excluding carboxylic acids is 2. The molecule has 6 heteroatoms. The Kier molecular flexibility index (Phi) is 6.21. The Balaban J connectivity index is 1.91. The third-order valence-electron chi connectivity index (χ3n) is 3.73. The summed E-state index contributed by atoms with van der Waals surface area (Å²) in [4.78, 5) is 23.6. The van der Waals surface area contributed by atoms with E-state index in [0.717, 1.165) is 25.7 Å². The van der Waals surface area contributed by atoms with Crippen LogP contribution in [0.3, 0.4) is 0 Å². The van der Waals surface area contributed by atoms with Crippen LogP contribution in [0.25, 0.3) is 0 Å². The molecule has 5 nitrogen and oxygen atoms in total. The molecule has 22 heavy (non-hydrogen) atoms. The minimum atomic E-state index is -0.262. The van der Waals surface area contributed by atoms with E-state index in [1.54, 1.807) is 25.2 Å². The molecule has 0 aliphatic heterocycles. The van der Waals surface area contributed by atoms with Crippen molar-refractivity contribution >= 4 is 29.1 Å². The lowest BCUT2D eigenvalue weighted by atomic mass is 9.98. The molecule has 1 fully saturated rings. The number of rotatable bonds is 5. The SMILES string of the molecule is CNC(=O)c1ccc(Cl)c(NC(=O)COC2CCCCC2)c1. The van der Waals surface area contributed by atoms with Gasteiger partial charge in [0, 0.05) is 12.6 Å². The summed E-state index contributed by atoms with van der Waals surface area (Å²) in [7, 11) is 1.55. The molecule has 0 saturated heterocycles. The van der Waals surface area contributed by atoms with E-state index >= 15 is 0 Å². The van der Waals surface area contributed by atoms with E-state index in [-0.39, 0.29) is 24.5 Å². The largest absolute Gasteiger partial charge is 0.368 e. The maximum Gasteiger partial charge on any atom is 0.251 e. The van der Waals surface area contributed by atoms with Crippen molar-refractivity contribution in [2.75, 3.05) is 19.0 Å². The third kappa shape index (κ3) is 4.71. The minimum absolute atomic E-state index is 0.00516. The van der Waals surface area contributed by atoms with E-state index < -0.39 is 0 Å². The minimum Gasteiger partial charge on any atom is -0.368 e. The first-order valence-electron chi connectivity index (χ1n) is 7.53. The van der Waals surface area contributed by atoms with Gasteiger partial charge in [-0.15, -0.1) is 0 Å². The van der Waals surface area contributed by atoms with Crippen molar-refractivity contribution in [1.82, 2.24) is 5.32 Å². The summed E-state index contributed by atoms with van der Waals surface area (Å²) in [5.74, 6) is -0.493. The number of amides is 2. The molecule has 0 atom stereocenters. The molecular weight excluding hydrogens is 304 g/mol. The van der Waals surface area contributed by atoms with Gasteiger partial charge in [-0.2, -0.15) is 0 Å². The van der Waals surface area contributed by atoms with Crippen LogP contribution in [0.15, 0.2) is 18.2 Å². The van der Waals surface area contributed by atoms with Crippen LogP contribution in [0.5, 0.6) is 0 Å². The number of hydrogen-bond donors (Lipinski definition) is 2. The summed E-state index contributed by atoms with van der Waals surface area (Å²) < 4.78 is 5.62. The van der Waals surface area contributed by atoms with Gasteiger partial charge in [-0.3, -0.25) is 9.59 Å². The van der Waals surface area contributed by atoms with Crippen LogP contribution in [-0.2, 0) is 9.53 Å². The van der Waals surface area contributed by atoms with Gasteiger partial charge in [-0.05, 0) is 31.0 Å². The van der Waals surface area contributed by atoms with Gasteiger partial charge >= 0.3 is 0 Å². The van der Waals surface area contributed by atoms with Crippen molar-refractivity contribution in [2.45, 2.75) is 38.2 Å². The number of nitrogens with one attached hydrogen (secondary N) is 2. The molecular formula is C16H21ClN2O3. The maximum absolute atomic E-state index is 12.0. The van der Waals surface area contributed by atoms with Gasteiger partial charge in [0.1, 0.15) is 6.61 Å². The van der Waals surface area contributed by atoms with Crippen molar-refractivity contribution in [2.24, 2.45) is 0 Å². The summed E-state index contributed by atoms with van der Waals surface area (Å²) in [6.45, 7) is 0.00516. The van der Waals surface area contributed by atoms with E-state index in [9.17, 15) is 9.59 Å². The number of carbonyl (C=O) groups is 2. The summed E-state index contributed by atoms with van der Waals surface area (Å²) in [6.07, 6.45) is 5.76. The fourth-order valence-corrected chi connectivity index (χ4v) is 2.68. The second kappa shape index (κ2) is 8.15. The lowest BCUT2D eigenvalue weighted by molar-refractivity contribution is -0.123. The molecule has 0 unspecified atom stereocenters. The molecule has 1 saturated carbocycles. The molecule has 1 aromatic rings. The monoisotopic (exact) mass is 324 g/mol. The Hall–Kier alpha value is -1.59. The molecule has 0 radical (unpaired) electrons. The molecule has 0 heterocycles. The highest BCUT2D eigenvalue weighted by molar-refractivity contribution is 6.33. The van der Waals surface area contributed by atoms with E-state index in [4.69, 9.17) is 16.3 Å². The van der Waals surface area contributed by atoms with Crippen LogP contribution in [0.1, 0.15) is 42.5 Å². The summed E-state index contributed by atoms with van der Waals surface area (Å²) in [6, 6.07) is 4.75. The lowest BCUT2D eigenvalue weighted by Crippen LogP contribution is -2.25. The first kappa shape index (κ1) is 16.8. The molecule has 0 aromatic heterocycles. The van der Waals surface area contributed by atoms with Gasteiger partial charge in [0.2, 0.25) is 5.91 Å². The van der Waals surface area contributed by atoms with E-state index in [2.05, 4.69) is 10.6 Å². The second-order valence-electron chi connectivity index (χ2n) is 5.39. The van der Waals surface area contributed by atoms with Crippen molar-refractivity contribution < 1.29 is 14.3 Å². The highest BCUT2D eigenvalue weighted by Gasteiger charge is 2.16. The van der Waals surface area contributed by atoms with Crippen LogP contribution in [0.2, 0.25) is 5.02 Å². The Morgan fingerprint density at radius 1 is 1.27 bits per heavy atom. The molecule has 2 amide bonds. The van der Waals surface area contributed by atoms with Crippen molar-refractivity contribution in [1.29, 1.82) is 0 Å². The Morgan fingerprint density at radius 3 is 2.68 bits per heavy atom. The van der Waals surface area contributed by atoms with Crippen molar-refractivity contribution in [3.8, 4) is 0 Å². The van der Waals surface area contributed by atoms with Crippen LogP contribution in [0, 0.1) is 0 Å². The van der Waals surface area contributed by atoms with Gasteiger partial charge in [0.05, 0.1) is 16.8 Å². The lowest BCUT2D eigenvalue weighted by Gasteiger charge is -2.21. The number of halogens is 1. The summed E-state index contributed by atoms with van der Waals surface area (Å²) >= 11 is 6.05. The van der Waals surface area contributed by atoms with E-state index in [1.165, 1.54) is 6.42 Å². The normalized spacial score (nSPS) is 15.4. The van der Waals surface area contributed by atoms with E-state index in [1.807, 2.05) is 0 Å². The van der Waals surface area contributed by atoms with Crippen LogP contribution < -0.4 is 10.6 Å². The van der Waals surface area contributed by atoms with E-state index in [0.29, 0.717) is 16.3 Å². The highest BCUT2D eigenvalue weighted by atomic mass is 35.5. The van der Waals surface area contributed by atoms with Gasteiger partial charge in [-0.1, -0.05) is 30.9 Å². The summed E-state index contributed by atoms with van der Waals surface area (Å²) in [5.41, 5.74) is 0.857. The predicted octanol–water partition coefficient (Wildman–Crippen LogP) is 2.99. The smallest absolute Gasteiger partial charge is 0.251 e. The number of benzene rings is 1. The van der Waals surface area contributed by atoms with Crippen LogP contribution >= 0.6 is 11.6 Å². The zero-order chi connectivity index (χ0) is 15.9. The Morgan fingerprint density at radius 2 is 2.00 bits per heavy atom. The fourth-order valence-electron chi connectivity index (χ4n) is 2.52. The predicted molar refractivity (Wildman–Crippen MR) is 86.3 cm³/mol. The Labute approximate surface area is 135 Å². The molecule has 0 spiro atoms. The van der Waals surface area contributed by atoms with Gasteiger partial charge < -0.3 is 15.4 Å². The quantitative estimate of drug-likeness (QED) is 0.875. The average Bonchev–Trinajstić information content (AvgIpc) is 2.55. The Bertz CT molecular complexity index is 542. The number of ether oxygens (including phenoxy) is 1. The first-order valence-corrected chi connectivity index (χ1v) is 7.91. The maximum atomic E-state index is 12.0. The standard InChI is InChI=1S/C16H21ClN2O3/c1-18-16(21)11-7-8-13(17)14(9-11)19-15(20)10-22-12-5-3-2-4-6-12/h7-9,12H,2-6,10H2,1H3,(H,18,21)(H,19,20). The van der Waals surface area contributed by atoms with Gasteiger partial charge in [0.15, 0.2) is 0 Å². The molecule has 1 aromatic carbocycles. The number of anilines is 1. The molecule has 2 N–H and O–H groups in total. The molecule has 0 bridgehead atoms. The van der Waals surface area contributed by atoms with Crippen molar-refractivity contribution in [3.05, 3.63) is 28.8 Å². The molecule has 2 rings (SSSR count). The first-order chi connectivity index (χ1) is 10.6. The summed E-state index contributed by atoms with van der Waals surface area (Å²) in [5, 5.41) is 5.61. The second-order valence-corrected chi connectivity index (χ2v) is 5.80. The molecule has 1 aliphatic carbocycles. The van der Waals surface area contributed by atoms with Gasteiger partial charge in [0.25, 0.3) is 5.91 Å². The van der Waals surface area contributed by atoms with Gasteiger partial charge in [-0.25, -0.2) is 0 Å². The average molecular weight is 325 g/mol. The zero-order valence-corrected chi connectivity index (χ0v) is 13.4. The van der Waals surface area contributed by atoms with Crippen LogP contribution in [0.4, 0.5) is 5.69 Å². The zero-order valence-electron chi connectivity index (χ0n) is 12.7. The van der Waals surface area contributed by atoms with Crippen LogP contribution in [-0.4, -0.2) is 31.6 Å². The third-order valence-corrected chi connectivity index (χ3v) is 4.06. The number of hydrogen-bond acceptors (Lipinski definition) is 3. The highest BCUT2D eigenvalue weighted by Crippen LogP contribution is 2.23. The topological polar surface area (TPSA) is 67.4 Å². The van der Waals surface area contributed by atoms with Crippen molar-refractivity contribution in [3.63, 3.8) is 0 Å². The fraction of sp³-hybridized carbons (Fsp3) is 0.500.